The highest BCUT2D eigenvalue weighted by Crippen LogP contribution is 2.16. The van der Waals surface area contributed by atoms with Crippen LogP contribution in [0.5, 0.6) is 0 Å². The summed E-state index contributed by atoms with van der Waals surface area (Å²) in [4.78, 5) is 15.6. The van der Waals surface area contributed by atoms with Gasteiger partial charge < -0.3 is 0 Å². The Kier molecular flexibility index (Phi) is 3.15. The largest absolute Gasteiger partial charge is 0.295 e. The first-order valence-electron chi connectivity index (χ1n) is 4.51. The molecule has 0 fully saturated rings. The van der Waals surface area contributed by atoms with Crippen LogP contribution >= 0.6 is 11.6 Å². The van der Waals surface area contributed by atoms with Gasteiger partial charge in [0.1, 0.15) is 11.0 Å². The number of nitrogens with zero attached hydrogens (tertiary/aromatic N) is 3. The zero-order valence-corrected chi connectivity index (χ0v) is 9.67. The third kappa shape index (κ3) is 2.80. The summed E-state index contributed by atoms with van der Waals surface area (Å²) in [6.45, 7) is 5.56. The van der Waals surface area contributed by atoms with Gasteiger partial charge in [0.15, 0.2) is 0 Å². The lowest BCUT2D eigenvalue weighted by atomic mass is 9.96. The molecule has 0 aliphatic rings. The van der Waals surface area contributed by atoms with Gasteiger partial charge in [0.2, 0.25) is 0 Å². The molecular formula is C10H12ClN3O. The number of rotatable bonds is 2. The molecule has 1 rings (SSSR count). The van der Waals surface area contributed by atoms with Crippen LogP contribution in [0.4, 0.5) is 0 Å². The maximum atomic E-state index is 11.6. The Balaban J connectivity index is 3.18. The van der Waals surface area contributed by atoms with Crippen molar-refractivity contribution < 1.29 is 0 Å². The van der Waals surface area contributed by atoms with E-state index in [1.807, 2.05) is 0 Å². The quantitative estimate of drug-likeness (QED) is 0.721. The molecule has 1 aromatic heterocycles. The molecule has 4 nitrogen and oxygen atoms in total. The molecule has 0 amide bonds. The lowest BCUT2D eigenvalue weighted by Gasteiger charge is -2.18. The predicted octanol–water partition coefficient (Wildman–Crippen LogP) is 1.75. The van der Waals surface area contributed by atoms with Crippen LogP contribution in [0.15, 0.2) is 10.9 Å². The smallest absolute Gasteiger partial charge is 0.255 e. The SMILES string of the molecule is Cc1nc(Cl)cc(=O)n1CC(C)(C)C#N. The van der Waals surface area contributed by atoms with Crippen molar-refractivity contribution >= 4 is 11.6 Å². The van der Waals surface area contributed by atoms with Gasteiger partial charge in [-0.05, 0) is 20.8 Å². The van der Waals surface area contributed by atoms with Crippen LogP contribution in [0, 0.1) is 23.7 Å². The van der Waals surface area contributed by atoms with Crippen LogP contribution in [-0.2, 0) is 6.54 Å². The van der Waals surface area contributed by atoms with E-state index in [-0.39, 0.29) is 10.7 Å². The van der Waals surface area contributed by atoms with Crippen molar-refractivity contribution in [3.8, 4) is 6.07 Å². The fourth-order valence-electron chi connectivity index (χ4n) is 1.21. The van der Waals surface area contributed by atoms with Crippen LogP contribution < -0.4 is 5.56 Å². The maximum Gasteiger partial charge on any atom is 0.255 e. The maximum absolute atomic E-state index is 11.6. The van der Waals surface area contributed by atoms with E-state index in [0.29, 0.717) is 12.4 Å². The molecule has 0 aliphatic heterocycles. The zero-order valence-electron chi connectivity index (χ0n) is 8.91. The number of aromatic nitrogens is 2. The van der Waals surface area contributed by atoms with Gasteiger partial charge in [-0.25, -0.2) is 4.98 Å². The minimum Gasteiger partial charge on any atom is -0.295 e. The topological polar surface area (TPSA) is 58.7 Å². The third-order valence-electron chi connectivity index (χ3n) is 2.02. The van der Waals surface area contributed by atoms with E-state index in [1.54, 1.807) is 20.8 Å². The molecule has 0 aromatic carbocycles. The summed E-state index contributed by atoms with van der Waals surface area (Å²) in [6, 6.07) is 3.39. The molecule has 0 radical (unpaired) electrons. The van der Waals surface area contributed by atoms with Crippen LogP contribution in [-0.4, -0.2) is 9.55 Å². The van der Waals surface area contributed by atoms with Gasteiger partial charge in [-0.2, -0.15) is 5.26 Å². The van der Waals surface area contributed by atoms with Crippen LogP contribution in [0.1, 0.15) is 19.7 Å². The van der Waals surface area contributed by atoms with E-state index in [9.17, 15) is 4.79 Å². The average Bonchev–Trinajstić information content (AvgIpc) is 2.11. The van der Waals surface area contributed by atoms with Crippen molar-refractivity contribution in [3.05, 3.63) is 27.4 Å². The first-order chi connectivity index (χ1) is 6.85. The molecule has 0 N–H and O–H groups in total. The normalized spacial score (nSPS) is 11.1. The number of hydrogen-bond acceptors (Lipinski definition) is 3. The second-order valence-electron chi connectivity index (χ2n) is 4.05. The molecule has 0 bridgehead atoms. The summed E-state index contributed by atoms with van der Waals surface area (Å²) >= 11 is 5.64. The Morgan fingerprint density at radius 1 is 1.67 bits per heavy atom. The Labute approximate surface area is 93.1 Å². The predicted molar refractivity (Wildman–Crippen MR) is 57.6 cm³/mol. The lowest BCUT2D eigenvalue weighted by Crippen LogP contribution is -2.29. The first-order valence-corrected chi connectivity index (χ1v) is 4.89. The summed E-state index contributed by atoms with van der Waals surface area (Å²) in [5.41, 5.74) is -0.819. The van der Waals surface area contributed by atoms with Gasteiger partial charge in [0.25, 0.3) is 5.56 Å². The molecule has 0 unspecified atom stereocenters. The van der Waals surface area contributed by atoms with Gasteiger partial charge in [0, 0.05) is 12.6 Å². The fourth-order valence-corrected chi connectivity index (χ4v) is 1.43. The minimum absolute atomic E-state index is 0.184. The monoisotopic (exact) mass is 225 g/mol. The van der Waals surface area contributed by atoms with E-state index >= 15 is 0 Å². The number of halogens is 1. The van der Waals surface area contributed by atoms with Crippen LogP contribution in [0.3, 0.4) is 0 Å². The minimum atomic E-state index is -0.593. The van der Waals surface area contributed by atoms with E-state index in [2.05, 4.69) is 11.1 Å². The number of hydrogen-bond donors (Lipinski definition) is 0. The molecule has 0 saturated carbocycles. The van der Waals surface area contributed by atoms with Crippen molar-refractivity contribution in [1.82, 2.24) is 9.55 Å². The second kappa shape index (κ2) is 4.03. The zero-order chi connectivity index (χ0) is 11.6. The highest BCUT2D eigenvalue weighted by atomic mass is 35.5. The molecule has 1 aromatic rings. The lowest BCUT2D eigenvalue weighted by molar-refractivity contribution is 0.393. The van der Waals surface area contributed by atoms with Gasteiger partial charge >= 0.3 is 0 Å². The Morgan fingerprint density at radius 2 is 2.27 bits per heavy atom. The molecule has 1 heterocycles. The van der Waals surface area contributed by atoms with Gasteiger partial charge in [-0.3, -0.25) is 9.36 Å². The van der Waals surface area contributed by atoms with Crippen molar-refractivity contribution in [2.24, 2.45) is 5.41 Å². The summed E-state index contributed by atoms with van der Waals surface area (Å²) < 4.78 is 1.45. The third-order valence-corrected chi connectivity index (χ3v) is 2.22. The van der Waals surface area contributed by atoms with Crippen molar-refractivity contribution in [2.75, 3.05) is 0 Å². The summed E-state index contributed by atoms with van der Waals surface area (Å²) in [7, 11) is 0. The number of aryl methyl sites for hydroxylation is 1. The highest BCUT2D eigenvalue weighted by molar-refractivity contribution is 6.29. The van der Waals surface area contributed by atoms with Crippen molar-refractivity contribution in [1.29, 1.82) is 5.26 Å². The van der Waals surface area contributed by atoms with Crippen molar-refractivity contribution in [2.45, 2.75) is 27.3 Å². The number of nitriles is 1. The van der Waals surface area contributed by atoms with Gasteiger partial charge in [-0.15, -0.1) is 0 Å². The molecule has 0 atom stereocenters. The molecule has 15 heavy (non-hydrogen) atoms. The van der Waals surface area contributed by atoms with Crippen molar-refractivity contribution in [3.63, 3.8) is 0 Å². The van der Waals surface area contributed by atoms with E-state index < -0.39 is 5.41 Å². The molecule has 0 spiro atoms. The summed E-state index contributed by atoms with van der Waals surface area (Å²) in [6.07, 6.45) is 0. The summed E-state index contributed by atoms with van der Waals surface area (Å²) in [5.74, 6) is 0.524. The van der Waals surface area contributed by atoms with E-state index in [1.165, 1.54) is 10.6 Å². The highest BCUT2D eigenvalue weighted by Gasteiger charge is 2.19. The van der Waals surface area contributed by atoms with E-state index in [4.69, 9.17) is 16.9 Å². The Morgan fingerprint density at radius 3 is 2.73 bits per heavy atom. The van der Waals surface area contributed by atoms with Gasteiger partial charge in [0.05, 0.1) is 11.5 Å². The van der Waals surface area contributed by atoms with Crippen LogP contribution in [0.25, 0.3) is 0 Å². The molecule has 80 valence electrons. The molecule has 0 saturated heterocycles. The Hall–Kier alpha value is -1.34. The average molecular weight is 226 g/mol. The first kappa shape index (κ1) is 11.7. The Bertz CT molecular complexity index is 471. The second-order valence-corrected chi connectivity index (χ2v) is 4.43. The molecule has 0 aliphatic carbocycles. The molecule has 5 heteroatoms. The van der Waals surface area contributed by atoms with Gasteiger partial charge in [-0.1, -0.05) is 11.6 Å². The summed E-state index contributed by atoms with van der Waals surface area (Å²) in [5, 5.41) is 9.06. The standard InChI is InChI=1S/C10H12ClN3O/c1-7-13-8(11)4-9(15)14(7)6-10(2,3)5-12/h4H,6H2,1-3H3. The fraction of sp³-hybridized carbons (Fsp3) is 0.500. The molecular weight excluding hydrogens is 214 g/mol. The van der Waals surface area contributed by atoms with Crippen LogP contribution in [0.2, 0.25) is 5.15 Å². The van der Waals surface area contributed by atoms with E-state index in [0.717, 1.165) is 0 Å².